The smallest absolute Gasteiger partial charge is 0.460 e. The molecule has 0 aliphatic heterocycles. The van der Waals surface area contributed by atoms with Crippen LogP contribution in [0.25, 0.3) is 0 Å². The van der Waals surface area contributed by atoms with E-state index in [1.165, 1.54) is 0 Å². The van der Waals surface area contributed by atoms with E-state index in [0.717, 1.165) is 0 Å². The van der Waals surface area contributed by atoms with Gasteiger partial charge in [-0.3, -0.25) is 0 Å². The Hall–Kier alpha value is -1.79. The molecule has 0 bridgehead atoms. The van der Waals surface area contributed by atoms with Crippen LogP contribution in [0.4, 0.5) is 57.1 Å². The summed E-state index contributed by atoms with van der Waals surface area (Å²) in [6, 6.07) is 0. The Bertz CT molecular complexity index is 807. The topological polar surface area (TPSA) is 63.7 Å². The molecule has 0 aliphatic carbocycles. The fraction of sp³-hybridized carbons (Fsp3) is 0.769. The van der Waals surface area contributed by atoms with Crippen molar-refractivity contribution in [3.63, 3.8) is 0 Å². The predicted octanol–water partition coefficient (Wildman–Crippen LogP) is 3.72. The van der Waals surface area contributed by atoms with Crippen LogP contribution in [0.2, 0.25) is 0 Å². The summed E-state index contributed by atoms with van der Waals surface area (Å²) in [6.07, 6.45) is -7.01. The van der Waals surface area contributed by atoms with Gasteiger partial charge in [0.2, 0.25) is 10.0 Å². The molecule has 0 heterocycles. The molecule has 0 spiro atoms. The monoisotopic (exact) mass is 525 g/mol. The molecule has 0 N–H and O–H groups in total. The van der Waals surface area contributed by atoms with Gasteiger partial charge in [0.05, 0.1) is 0 Å². The van der Waals surface area contributed by atoms with Crippen LogP contribution in [0, 0.1) is 0 Å². The number of hydrogen-bond donors (Lipinski definition) is 0. The van der Waals surface area contributed by atoms with Crippen molar-refractivity contribution < 1.29 is 75.0 Å². The molecule has 0 aliphatic rings. The van der Waals surface area contributed by atoms with Crippen LogP contribution in [0.3, 0.4) is 0 Å². The molecule has 0 atom stereocenters. The summed E-state index contributed by atoms with van der Waals surface area (Å²) < 4.78 is 196. The van der Waals surface area contributed by atoms with Crippen LogP contribution in [0.15, 0.2) is 12.7 Å². The van der Waals surface area contributed by atoms with Crippen LogP contribution in [-0.2, 0) is 19.6 Å². The Balaban J connectivity index is 5.98. The maximum Gasteiger partial charge on any atom is 0.460 e. The zero-order valence-corrected chi connectivity index (χ0v) is 16.1. The summed E-state index contributed by atoms with van der Waals surface area (Å²) >= 11 is 0. The first-order chi connectivity index (χ1) is 13.8. The van der Waals surface area contributed by atoms with Crippen molar-refractivity contribution >= 4 is 16.0 Å². The van der Waals surface area contributed by atoms with Gasteiger partial charge in [0.15, 0.2) is 0 Å². The van der Waals surface area contributed by atoms with E-state index in [9.17, 15) is 70.3 Å². The largest absolute Gasteiger partial charge is 0.461 e. The minimum atomic E-state index is -8.13. The highest BCUT2D eigenvalue weighted by Crippen LogP contribution is 2.60. The maximum absolute atomic E-state index is 13.7. The van der Waals surface area contributed by atoms with Gasteiger partial charge < -0.3 is 4.74 Å². The number of ether oxygens (including phenoxy) is 1. The van der Waals surface area contributed by atoms with Gasteiger partial charge >= 0.3 is 41.8 Å². The van der Waals surface area contributed by atoms with Gasteiger partial charge in [-0.1, -0.05) is 6.58 Å². The highest BCUT2D eigenvalue weighted by molar-refractivity contribution is 7.89. The molecule has 0 aromatic rings. The van der Waals surface area contributed by atoms with Crippen molar-refractivity contribution in [2.75, 3.05) is 26.0 Å². The summed E-state index contributed by atoms with van der Waals surface area (Å²) in [5.41, 5.74) is 0. The van der Waals surface area contributed by atoms with E-state index in [0.29, 0.717) is 13.1 Å². The number of sulfonamides is 1. The molecular formula is C13H12F13NO4S. The van der Waals surface area contributed by atoms with E-state index in [1.54, 1.807) is 0 Å². The fourth-order valence-corrected chi connectivity index (χ4v) is 2.92. The molecule has 0 saturated heterocycles. The summed E-state index contributed by atoms with van der Waals surface area (Å²) in [5.74, 6) is -43.2. The van der Waals surface area contributed by atoms with Crippen molar-refractivity contribution in [1.82, 2.24) is 4.31 Å². The molecule has 0 unspecified atom stereocenters. The van der Waals surface area contributed by atoms with Crippen LogP contribution < -0.4 is 0 Å². The summed E-state index contributed by atoms with van der Waals surface area (Å²) in [7, 11) is -5.42. The van der Waals surface area contributed by atoms with Gasteiger partial charge in [-0.05, 0) is 0 Å². The molecule has 190 valence electrons. The van der Waals surface area contributed by atoms with Crippen LogP contribution in [0.5, 0.6) is 0 Å². The van der Waals surface area contributed by atoms with Crippen LogP contribution >= 0.6 is 0 Å². The van der Waals surface area contributed by atoms with E-state index in [2.05, 4.69) is 11.3 Å². The van der Waals surface area contributed by atoms with Crippen molar-refractivity contribution in [2.45, 2.75) is 35.8 Å². The Morgan fingerprint density at radius 1 is 0.844 bits per heavy atom. The number of halogens is 13. The SMILES string of the molecule is C=CC(=O)OCCN(C)S(=O)(=O)CC(F)(F)C(F)(F)C(F)(F)C(F)(F)C(F)(F)C(F)(F)F. The fourth-order valence-electron chi connectivity index (χ4n) is 1.70. The van der Waals surface area contributed by atoms with E-state index >= 15 is 0 Å². The number of rotatable bonds is 11. The Morgan fingerprint density at radius 2 is 1.25 bits per heavy atom. The van der Waals surface area contributed by atoms with E-state index < -0.39 is 70.7 Å². The lowest BCUT2D eigenvalue weighted by atomic mass is 9.94. The third kappa shape index (κ3) is 5.23. The first kappa shape index (κ1) is 30.2. The zero-order valence-electron chi connectivity index (χ0n) is 15.3. The second kappa shape index (κ2) is 8.86. The Morgan fingerprint density at radius 3 is 1.62 bits per heavy atom. The van der Waals surface area contributed by atoms with E-state index in [4.69, 9.17) is 0 Å². The molecular weight excluding hydrogens is 513 g/mol. The highest BCUT2D eigenvalue weighted by Gasteiger charge is 2.90. The van der Waals surface area contributed by atoms with Gasteiger partial charge in [0, 0.05) is 19.7 Å². The average molecular weight is 525 g/mol. The van der Waals surface area contributed by atoms with Gasteiger partial charge in [-0.2, -0.15) is 57.1 Å². The molecule has 0 fully saturated rings. The van der Waals surface area contributed by atoms with Gasteiger partial charge in [-0.25, -0.2) is 17.5 Å². The minimum absolute atomic E-state index is 0.284. The third-order valence-electron chi connectivity index (χ3n) is 3.65. The quantitative estimate of drug-likeness (QED) is 0.235. The summed E-state index contributed by atoms with van der Waals surface area (Å²) in [6.45, 7) is 0.924. The first-order valence-electron chi connectivity index (χ1n) is 7.52. The lowest BCUT2D eigenvalue weighted by molar-refractivity contribution is -0.438. The number of carbonyl (C=O) groups excluding carboxylic acids is 1. The van der Waals surface area contributed by atoms with Crippen molar-refractivity contribution in [2.24, 2.45) is 0 Å². The molecule has 0 saturated carbocycles. The lowest BCUT2D eigenvalue weighted by Crippen LogP contribution is -2.71. The molecule has 19 heteroatoms. The lowest BCUT2D eigenvalue weighted by Gasteiger charge is -2.39. The number of carbonyl (C=O) groups is 1. The van der Waals surface area contributed by atoms with Gasteiger partial charge in [-0.15, -0.1) is 0 Å². The second-order valence-electron chi connectivity index (χ2n) is 5.95. The van der Waals surface area contributed by atoms with Crippen molar-refractivity contribution in [3.8, 4) is 0 Å². The van der Waals surface area contributed by atoms with Gasteiger partial charge in [0.25, 0.3) is 0 Å². The Kier molecular flexibility index (Phi) is 8.37. The number of hydrogen-bond acceptors (Lipinski definition) is 4. The molecule has 0 radical (unpaired) electrons. The standard InChI is InChI=1S/C13H12F13NO4S/c1-3-7(28)31-5-4-27(2)32(29,30)6-8(14,15)9(16,17)10(18,19)11(20,21)12(22,23)13(24,25)26/h3H,1,4-6H2,2H3. The van der Waals surface area contributed by atoms with E-state index in [-0.39, 0.29) is 4.31 Å². The van der Waals surface area contributed by atoms with Crippen molar-refractivity contribution in [1.29, 1.82) is 0 Å². The number of likely N-dealkylation sites (N-methyl/N-ethyl adjacent to an activating group) is 1. The Labute approximate surface area is 170 Å². The van der Waals surface area contributed by atoms with Gasteiger partial charge in [0.1, 0.15) is 12.4 Å². The second-order valence-corrected chi connectivity index (χ2v) is 8.03. The van der Waals surface area contributed by atoms with Crippen LogP contribution in [0.1, 0.15) is 0 Å². The molecule has 0 aromatic carbocycles. The maximum atomic E-state index is 13.7. The third-order valence-corrected chi connectivity index (χ3v) is 5.51. The van der Waals surface area contributed by atoms with Crippen molar-refractivity contribution in [3.05, 3.63) is 12.7 Å². The minimum Gasteiger partial charge on any atom is -0.461 e. The number of alkyl halides is 13. The molecule has 5 nitrogen and oxygen atoms in total. The molecule has 0 amide bonds. The van der Waals surface area contributed by atoms with E-state index in [1.807, 2.05) is 0 Å². The predicted molar refractivity (Wildman–Crippen MR) is 78.4 cm³/mol. The van der Waals surface area contributed by atoms with Crippen LogP contribution in [-0.4, -0.2) is 80.4 Å². The normalized spacial score (nSPS) is 15.1. The average Bonchev–Trinajstić information content (AvgIpc) is 2.58. The summed E-state index contributed by atoms with van der Waals surface area (Å²) in [4.78, 5) is 10.7. The number of nitrogens with zero attached hydrogens (tertiary/aromatic N) is 1. The molecule has 32 heavy (non-hydrogen) atoms. The highest BCUT2D eigenvalue weighted by atomic mass is 32.2. The first-order valence-corrected chi connectivity index (χ1v) is 9.13. The molecule has 0 rings (SSSR count). The number of esters is 1. The molecule has 0 aromatic heterocycles. The zero-order chi connectivity index (χ0) is 26.2. The summed E-state index contributed by atoms with van der Waals surface area (Å²) in [5, 5.41) is 0.